The first kappa shape index (κ1) is 19.8. The Balaban J connectivity index is 1.84. The van der Waals surface area contributed by atoms with Crippen molar-refractivity contribution < 1.29 is 22.7 Å². The molecule has 0 saturated carbocycles. The highest BCUT2D eigenvalue weighted by Crippen LogP contribution is 2.31. The molecule has 1 aromatic heterocycles. The minimum Gasteiger partial charge on any atom is -0.471 e. The van der Waals surface area contributed by atoms with Gasteiger partial charge in [-0.25, -0.2) is 4.68 Å². The Morgan fingerprint density at radius 1 is 1.23 bits per heavy atom. The van der Waals surface area contributed by atoms with Crippen LogP contribution in [0.2, 0.25) is 0 Å². The molecular weight excluding hydrogens is 347 g/mol. The van der Waals surface area contributed by atoms with Crippen molar-refractivity contribution >= 4 is 5.91 Å². The number of aromatic nitrogens is 2. The van der Waals surface area contributed by atoms with Gasteiger partial charge in [0.15, 0.2) is 6.73 Å². The molecule has 0 fully saturated rings. The van der Waals surface area contributed by atoms with E-state index in [2.05, 4.69) is 17.3 Å². The highest BCUT2D eigenvalue weighted by molar-refractivity contribution is 5.92. The van der Waals surface area contributed by atoms with Crippen LogP contribution in [-0.2, 0) is 12.9 Å². The number of alkyl halides is 3. The Morgan fingerprint density at radius 3 is 2.77 bits per heavy atom. The fourth-order valence-corrected chi connectivity index (χ4v) is 2.30. The standard InChI is InChI=1S/C18H22F3N3O2/c1-2-3-4-5-10-22-17(25)16-9-11-24(23-16)13-26-15-8-6-7-14(12-15)18(19,20)21/h6-9,11-12H,2-5,10,13H2,1H3,(H,22,25). The number of carbonyl (C=O) groups excluding carboxylic acids is 1. The van der Waals surface area contributed by atoms with E-state index in [-0.39, 0.29) is 24.1 Å². The SMILES string of the molecule is CCCCCCNC(=O)c1ccn(COc2cccc(C(F)(F)F)c2)n1. The molecule has 5 nitrogen and oxygen atoms in total. The predicted octanol–water partition coefficient (Wildman–Crippen LogP) is 4.25. The zero-order valence-electron chi connectivity index (χ0n) is 14.6. The van der Waals surface area contributed by atoms with E-state index in [1.165, 1.54) is 22.9 Å². The van der Waals surface area contributed by atoms with E-state index >= 15 is 0 Å². The zero-order chi connectivity index (χ0) is 19.0. The molecule has 0 aliphatic carbocycles. The fraction of sp³-hybridized carbons (Fsp3) is 0.444. The molecule has 1 N–H and O–H groups in total. The molecule has 0 aliphatic heterocycles. The number of rotatable bonds is 9. The topological polar surface area (TPSA) is 56.2 Å². The van der Waals surface area contributed by atoms with Gasteiger partial charge in [-0.1, -0.05) is 32.3 Å². The third-order valence-electron chi connectivity index (χ3n) is 3.71. The van der Waals surface area contributed by atoms with Crippen molar-refractivity contribution in [1.82, 2.24) is 15.1 Å². The molecular formula is C18H22F3N3O2. The second kappa shape index (κ2) is 9.26. The molecule has 0 radical (unpaired) electrons. The smallest absolute Gasteiger partial charge is 0.416 e. The van der Waals surface area contributed by atoms with Gasteiger partial charge in [-0.3, -0.25) is 4.79 Å². The van der Waals surface area contributed by atoms with Gasteiger partial charge in [-0.05, 0) is 30.7 Å². The van der Waals surface area contributed by atoms with Crippen molar-refractivity contribution in [3.05, 3.63) is 47.8 Å². The van der Waals surface area contributed by atoms with Crippen LogP contribution in [0.1, 0.15) is 48.7 Å². The lowest BCUT2D eigenvalue weighted by Gasteiger charge is -2.10. The van der Waals surface area contributed by atoms with Crippen LogP contribution >= 0.6 is 0 Å². The number of hydrogen-bond donors (Lipinski definition) is 1. The van der Waals surface area contributed by atoms with Crippen LogP contribution in [0.15, 0.2) is 36.5 Å². The molecule has 1 aromatic carbocycles. The summed E-state index contributed by atoms with van der Waals surface area (Å²) in [5.41, 5.74) is -0.535. The van der Waals surface area contributed by atoms with E-state index in [0.717, 1.165) is 37.8 Å². The van der Waals surface area contributed by atoms with E-state index in [9.17, 15) is 18.0 Å². The van der Waals surface area contributed by atoms with E-state index in [4.69, 9.17) is 4.74 Å². The van der Waals surface area contributed by atoms with E-state index < -0.39 is 11.7 Å². The third kappa shape index (κ3) is 6.09. The summed E-state index contributed by atoms with van der Waals surface area (Å²) in [6.45, 7) is 2.62. The monoisotopic (exact) mass is 369 g/mol. The maximum atomic E-state index is 12.7. The van der Waals surface area contributed by atoms with Crippen LogP contribution in [0.5, 0.6) is 5.75 Å². The highest BCUT2D eigenvalue weighted by atomic mass is 19.4. The lowest BCUT2D eigenvalue weighted by molar-refractivity contribution is -0.137. The number of amides is 1. The summed E-state index contributed by atoms with van der Waals surface area (Å²) in [5, 5.41) is 6.86. The molecule has 2 rings (SSSR count). The third-order valence-corrected chi connectivity index (χ3v) is 3.71. The summed E-state index contributed by atoms with van der Waals surface area (Å²) in [4.78, 5) is 12.0. The van der Waals surface area contributed by atoms with Crippen molar-refractivity contribution in [2.45, 2.75) is 45.5 Å². The number of nitrogens with zero attached hydrogens (tertiary/aromatic N) is 2. The van der Waals surface area contributed by atoms with Gasteiger partial charge >= 0.3 is 6.18 Å². The summed E-state index contributed by atoms with van der Waals surface area (Å²) < 4.78 is 44.7. The van der Waals surface area contributed by atoms with Gasteiger partial charge in [0.2, 0.25) is 0 Å². The Hall–Kier alpha value is -2.51. The molecule has 0 atom stereocenters. The molecule has 142 valence electrons. The van der Waals surface area contributed by atoms with Gasteiger partial charge in [0.1, 0.15) is 11.4 Å². The van der Waals surface area contributed by atoms with Gasteiger partial charge in [0.25, 0.3) is 5.91 Å². The largest absolute Gasteiger partial charge is 0.471 e. The summed E-state index contributed by atoms with van der Waals surface area (Å²) in [6, 6.07) is 6.15. The second-order valence-electron chi connectivity index (χ2n) is 5.86. The zero-order valence-corrected chi connectivity index (χ0v) is 14.6. The Kier molecular flexibility index (Phi) is 7.06. The maximum absolute atomic E-state index is 12.7. The number of hydrogen-bond acceptors (Lipinski definition) is 3. The number of unbranched alkanes of at least 4 members (excludes halogenated alkanes) is 3. The van der Waals surface area contributed by atoms with Crippen molar-refractivity contribution in [3.63, 3.8) is 0 Å². The van der Waals surface area contributed by atoms with Crippen molar-refractivity contribution in [3.8, 4) is 5.75 Å². The van der Waals surface area contributed by atoms with Gasteiger partial charge < -0.3 is 10.1 Å². The van der Waals surface area contributed by atoms with Crippen LogP contribution in [-0.4, -0.2) is 22.2 Å². The molecule has 0 unspecified atom stereocenters. The number of halogens is 3. The highest BCUT2D eigenvalue weighted by Gasteiger charge is 2.30. The second-order valence-corrected chi connectivity index (χ2v) is 5.86. The minimum absolute atomic E-state index is 0.0808. The van der Waals surface area contributed by atoms with Crippen molar-refractivity contribution in [2.24, 2.45) is 0 Å². The molecule has 0 spiro atoms. The van der Waals surface area contributed by atoms with Crippen LogP contribution in [0.4, 0.5) is 13.2 Å². The molecule has 2 aromatic rings. The fourth-order valence-electron chi connectivity index (χ4n) is 2.30. The molecule has 26 heavy (non-hydrogen) atoms. The average molecular weight is 369 g/mol. The Labute approximate surface area is 150 Å². The van der Waals surface area contributed by atoms with E-state index in [1.807, 2.05) is 0 Å². The van der Waals surface area contributed by atoms with E-state index in [0.29, 0.717) is 6.54 Å². The minimum atomic E-state index is -4.42. The van der Waals surface area contributed by atoms with Gasteiger partial charge in [-0.2, -0.15) is 18.3 Å². The van der Waals surface area contributed by atoms with Crippen LogP contribution in [0.25, 0.3) is 0 Å². The van der Waals surface area contributed by atoms with Crippen LogP contribution < -0.4 is 10.1 Å². The predicted molar refractivity (Wildman–Crippen MR) is 90.8 cm³/mol. The maximum Gasteiger partial charge on any atom is 0.416 e. The number of benzene rings is 1. The first-order valence-electron chi connectivity index (χ1n) is 8.52. The molecule has 0 bridgehead atoms. The van der Waals surface area contributed by atoms with Crippen molar-refractivity contribution in [2.75, 3.05) is 6.54 Å². The number of carbonyl (C=O) groups is 1. The van der Waals surface area contributed by atoms with Gasteiger partial charge in [0.05, 0.1) is 5.56 Å². The van der Waals surface area contributed by atoms with Gasteiger partial charge in [0, 0.05) is 12.7 Å². The lowest BCUT2D eigenvalue weighted by Crippen LogP contribution is -2.25. The van der Waals surface area contributed by atoms with Crippen LogP contribution in [0, 0.1) is 0 Å². The summed E-state index contributed by atoms with van der Waals surface area (Å²) in [5.74, 6) is -0.198. The molecule has 0 saturated heterocycles. The van der Waals surface area contributed by atoms with Crippen molar-refractivity contribution in [1.29, 1.82) is 0 Å². The van der Waals surface area contributed by atoms with E-state index in [1.54, 1.807) is 6.20 Å². The average Bonchev–Trinajstić information content (AvgIpc) is 3.08. The lowest BCUT2D eigenvalue weighted by atomic mass is 10.2. The van der Waals surface area contributed by atoms with Crippen LogP contribution in [0.3, 0.4) is 0 Å². The Morgan fingerprint density at radius 2 is 2.04 bits per heavy atom. The number of nitrogens with one attached hydrogen (secondary N) is 1. The van der Waals surface area contributed by atoms with Gasteiger partial charge in [-0.15, -0.1) is 0 Å². The molecule has 0 aliphatic rings. The molecule has 8 heteroatoms. The normalized spacial score (nSPS) is 11.4. The summed E-state index contributed by atoms with van der Waals surface area (Å²) >= 11 is 0. The Bertz CT molecular complexity index is 714. The molecule has 1 heterocycles. The first-order valence-corrected chi connectivity index (χ1v) is 8.52. The summed E-state index contributed by atoms with van der Waals surface area (Å²) in [6.07, 6.45) is 1.36. The summed E-state index contributed by atoms with van der Waals surface area (Å²) in [7, 11) is 0. The quantitative estimate of drug-likeness (QED) is 0.673. The molecule has 1 amide bonds. The first-order chi connectivity index (χ1) is 12.4. The number of ether oxygens (including phenoxy) is 1.